The first-order valence-corrected chi connectivity index (χ1v) is 9.49. The van der Waals surface area contributed by atoms with Gasteiger partial charge in [-0.2, -0.15) is 0 Å². The van der Waals surface area contributed by atoms with E-state index in [1.807, 2.05) is 6.07 Å². The van der Waals surface area contributed by atoms with Crippen LogP contribution >= 0.6 is 11.8 Å². The van der Waals surface area contributed by atoms with Gasteiger partial charge < -0.3 is 4.74 Å². The van der Waals surface area contributed by atoms with E-state index in [2.05, 4.69) is 4.98 Å². The summed E-state index contributed by atoms with van der Waals surface area (Å²) in [5.41, 5.74) is 0.897. The number of fused-ring (bicyclic) bond motifs is 1. The van der Waals surface area contributed by atoms with E-state index in [-0.39, 0.29) is 22.9 Å². The van der Waals surface area contributed by atoms with Gasteiger partial charge in [-0.25, -0.2) is 9.37 Å². The normalized spacial score (nSPS) is 11.0. The predicted molar refractivity (Wildman–Crippen MR) is 104 cm³/mol. The van der Waals surface area contributed by atoms with Gasteiger partial charge in [0.15, 0.2) is 10.9 Å². The van der Waals surface area contributed by atoms with Gasteiger partial charge in [-0.05, 0) is 42.8 Å². The zero-order valence-electron chi connectivity index (χ0n) is 14.9. The molecular weight excluding hydrogens is 367 g/mol. The van der Waals surface area contributed by atoms with Gasteiger partial charge in [0.1, 0.15) is 5.82 Å². The fourth-order valence-corrected chi connectivity index (χ4v) is 3.59. The first-order chi connectivity index (χ1) is 13.1. The van der Waals surface area contributed by atoms with Crippen LogP contribution in [0.3, 0.4) is 0 Å². The predicted octanol–water partition coefficient (Wildman–Crippen LogP) is 3.55. The molecule has 0 radical (unpaired) electrons. The lowest BCUT2D eigenvalue weighted by Gasteiger charge is -2.12. The highest BCUT2D eigenvalue weighted by molar-refractivity contribution is 7.99. The third kappa shape index (κ3) is 4.61. The van der Waals surface area contributed by atoms with Crippen LogP contribution in [0.15, 0.2) is 58.5 Å². The lowest BCUT2D eigenvalue weighted by Crippen LogP contribution is -2.24. The molecule has 0 fully saturated rings. The van der Waals surface area contributed by atoms with Crippen LogP contribution in [-0.2, 0) is 11.3 Å². The molecule has 27 heavy (non-hydrogen) atoms. The topological polar surface area (TPSA) is 61.2 Å². The third-order valence-corrected chi connectivity index (χ3v) is 5.03. The molecule has 1 aromatic heterocycles. The van der Waals surface area contributed by atoms with Gasteiger partial charge in [0.05, 0.1) is 16.7 Å². The molecule has 0 saturated heterocycles. The maximum atomic E-state index is 13.0. The number of benzene rings is 2. The van der Waals surface area contributed by atoms with Crippen LogP contribution in [0.25, 0.3) is 10.9 Å². The van der Waals surface area contributed by atoms with Gasteiger partial charge in [-0.3, -0.25) is 14.2 Å². The maximum Gasteiger partial charge on any atom is 0.262 e. The summed E-state index contributed by atoms with van der Waals surface area (Å²) in [5.74, 6) is -0.422. The largest absolute Gasteiger partial charge is 0.385 e. The first kappa shape index (κ1) is 19.3. The standard InChI is InChI=1S/C20H19FN2O3S/c1-26-12-4-11-23-19(25)16-5-2-3-6-17(16)22-20(23)27-13-18(24)14-7-9-15(21)10-8-14/h2-3,5-10H,4,11-13H2,1H3. The Labute approximate surface area is 160 Å². The zero-order chi connectivity index (χ0) is 19.2. The molecule has 3 rings (SSSR count). The molecular formula is C20H19FN2O3S. The average molecular weight is 386 g/mol. The van der Waals surface area contributed by atoms with E-state index in [1.54, 1.807) is 29.9 Å². The van der Waals surface area contributed by atoms with Crippen LogP contribution in [0.4, 0.5) is 4.39 Å². The molecule has 5 nitrogen and oxygen atoms in total. The molecule has 0 N–H and O–H groups in total. The molecule has 0 unspecified atom stereocenters. The fourth-order valence-electron chi connectivity index (χ4n) is 2.67. The van der Waals surface area contributed by atoms with Crippen LogP contribution in [0.1, 0.15) is 16.8 Å². The summed E-state index contributed by atoms with van der Waals surface area (Å²) in [5, 5.41) is 1.04. The summed E-state index contributed by atoms with van der Waals surface area (Å²) in [6, 6.07) is 12.6. The first-order valence-electron chi connectivity index (χ1n) is 8.50. The number of ether oxygens (including phenoxy) is 1. The number of aromatic nitrogens is 2. The fraction of sp³-hybridized carbons (Fsp3) is 0.250. The lowest BCUT2D eigenvalue weighted by molar-refractivity contribution is 0.102. The minimum absolute atomic E-state index is 0.112. The van der Waals surface area contributed by atoms with Crippen molar-refractivity contribution in [1.29, 1.82) is 0 Å². The van der Waals surface area contributed by atoms with Crippen molar-refractivity contribution in [2.45, 2.75) is 18.1 Å². The molecule has 0 amide bonds. The SMILES string of the molecule is COCCCn1c(SCC(=O)c2ccc(F)cc2)nc2ccccc2c1=O. The van der Waals surface area contributed by atoms with Crippen molar-refractivity contribution in [1.82, 2.24) is 9.55 Å². The number of rotatable bonds is 8. The lowest BCUT2D eigenvalue weighted by atomic mass is 10.1. The molecule has 3 aromatic rings. The number of thioether (sulfide) groups is 1. The number of nitrogens with zero attached hydrogens (tertiary/aromatic N) is 2. The highest BCUT2D eigenvalue weighted by atomic mass is 32.2. The van der Waals surface area contributed by atoms with Crippen molar-refractivity contribution in [3.05, 3.63) is 70.3 Å². The monoisotopic (exact) mass is 386 g/mol. The Balaban J connectivity index is 1.87. The number of carbonyl (C=O) groups excluding carboxylic acids is 1. The van der Waals surface area contributed by atoms with Crippen molar-refractivity contribution >= 4 is 28.4 Å². The number of hydrogen-bond donors (Lipinski definition) is 0. The molecule has 0 aliphatic carbocycles. The summed E-state index contributed by atoms with van der Waals surface area (Å²) in [4.78, 5) is 29.8. The van der Waals surface area contributed by atoms with Gasteiger partial charge in [0.25, 0.3) is 5.56 Å². The van der Waals surface area contributed by atoms with Crippen LogP contribution in [0.5, 0.6) is 0 Å². The van der Waals surface area contributed by atoms with Gasteiger partial charge in [0.2, 0.25) is 0 Å². The van der Waals surface area contributed by atoms with Crippen molar-refractivity contribution < 1.29 is 13.9 Å². The second-order valence-corrected chi connectivity index (χ2v) is 6.88. The molecule has 1 heterocycles. The summed E-state index contributed by atoms with van der Waals surface area (Å²) < 4.78 is 19.7. The van der Waals surface area contributed by atoms with E-state index in [1.165, 1.54) is 36.0 Å². The highest BCUT2D eigenvalue weighted by Gasteiger charge is 2.14. The molecule has 2 aromatic carbocycles. The number of Topliss-reactive ketones (excluding diaryl/α,β-unsaturated/α-hetero) is 1. The number of methoxy groups -OCH3 is 1. The number of carbonyl (C=O) groups is 1. The second kappa shape index (κ2) is 8.92. The van der Waals surface area contributed by atoms with E-state index >= 15 is 0 Å². The van der Waals surface area contributed by atoms with Crippen LogP contribution in [0.2, 0.25) is 0 Å². The van der Waals surface area contributed by atoms with Gasteiger partial charge in [-0.15, -0.1) is 0 Å². The minimum atomic E-state index is -0.387. The van der Waals surface area contributed by atoms with E-state index in [4.69, 9.17) is 4.74 Å². The quantitative estimate of drug-likeness (QED) is 0.256. The summed E-state index contributed by atoms with van der Waals surface area (Å²) in [6.45, 7) is 0.982. The third-order valence-electron chi connectivity index (χ3n) is 4.06. The van der Waals surface area contributed by atoms with Crippen molar-refractivity contribution in [2.75, 3.05) is 19.5 Å². The van der Waals surface area contributed by atoms with Crippen LogP contribution in [0, 0.1) is 5.82 Å². The Morgan fingerprint density at radius 3 is 2.67 bits per heavy atom. The minimum Gasteiger partial charge on any atom is -0.385 e. The Morgan fingerprint density at radius 2 is 1.93 bits per heavy atom. The number of hydrogen-bond acceptors (Lipinski definition) is 5. The Hall–Kier alpha value is -2.51. The summed E-state index contributed by atoms with van der Waals surface area (Å²) in [6.07, 6.45) is 0.663. The summed E-state index contributed by atoms with van der Waals surface area (Å²) >= 11 is 1.21. The van der Waals surface area contributed by atoms with E-state index in [0.29, 0.717) is 41.2 Å². The van der Waals surface area contributed by atoms with Crippen LogP contribution < -0.4 is 5.56 Å². The zero-order valence-corrected chi connectivity index (χ0v) is 15.7. The molecule has 0 aliphatic heterocycles. The van der Waals surface area contributed by atoms with E-state index in [0.717, 1.165) is 0 Å². The van der Waals surface area contributed by atoms with E-state index in [9.17, 15) is 14.0 Å². The second-order valence-electron chi connectivity index (χ2n) is 5.93. The van der Waals surface area contributed by atoms with Crippen molar-refractivity contribution in [3.8, 4) is 0 Å². The molecule has 140 valence electrons. The number of para-hydroxylation sites is 1. The average Bonchev–Trinajstić information content (AvgIpc) is 2.68. The molecule has 0 spiro atoms. The Kier molecular flexibility index (Phi) is 6.36. The van der Waals surface area contributed by atoms with Gasteiger partial charge >= 0.3 is 0 Å². The van der Waals surface area contributed by atoms with Crippen molar-refractivity contribution in [2.24, 2.45) is 0 Å². The molecule has 0 saturated carbocycles. The van der Waals surface area contributed by atoms with Gasteiger partial charge in [0, 0.05) is 25.8 Å². The molecule has 7 heteroatoms. The molecule has 0 bridgehead atoms. The number of halogens is 1. The summed E-state index contributed by atoms with van der Waals surface area (Å²) in [7, 11) is 1.61. The highest BCUT2D eigenvalue weighted by Crippen LogP contribution is 2.19. The van der Waals surface area contributed by atoms with E-state index < -0.39 is 0 Å². The molecule has 0 aliphatic rings. The smallest absolute Gasteiger partial charge is 0.262 e. The molecule has 0 atom stereocenters. The van der Waals surface area contributed by atoms with Crippen LogP contribution in [-0.4, -0.2) is 34.8 Å². The Bertz CT molecular complexity index is 1000. The number of ketones is 1. The van der Waals surface area contributed by atoms with Gasteiger partial charge in [-0.1, -0.05) is 23.9 Å². The Morgan fingerprint density at radius 1 is 1.19 bits per heavy atom. The van der Waals surface area contributed by atoms with Crippen molar-refractivity contribution in [3.63, 3.8) is 0 Å². The maximum absolute atomic E-state index is 13.0.